The molecule has 7 nitrogen and oxygen atoms in total. The van der Waals surface area contributed by atoms with Gasteiger partial charge in [0.15, 0.2) is 5.96 Å². The molecule has 0 saturated carbocycles. The molecule has 2 atom stereocenters. The summed E-state index contributed by atoms with van der Waals surface area (Å²) in [5.41, 5.74) is 2.35. The minimum atomic E-state index is 0. The molecule has 3 heterocycles. The SMILES string of the molecule is CCOc1cc2c(cc1CNC(=NC)N1CCC(N3CCOCC3)C1)OC(C)C2.I. The second-order valence-corrected chi connectivity index (χ2v) is 8.07. The summed E-state index contributed by atoms with van der Waals surface area (Å²) in [6.07, 6.45) is 2.36. The van der Waals surface area contributed by atoms with Gasteiger partial charge in [0.2, 0.25) is 0 Å². The molecule has 3 aliphatic rings. The second-order valence-electron chi connectivity index (χ2n) is 8.07. The molecule has 1 aromatic rings. The lowest BCUT2D eigenvalue weighted by Gasteiger charge is -2.32. The summed E-state index contributed by atoms with van der Waals surface area (Å²) in [5.74, 6) is 2.89. The van der Waals surface area contributed by atoms with Crippen LogP contribution in [0.3, 0.4) is 0 Å². The van der Waals surface area contributed by atoms with Crippen LogP contribution in [0.15, 0.2) is 17.1 Å². The molecule has 2 fully saturated rings. The highest BCUT2D eigenvalue weighted by atomic mass is 127. The number of ether oxygens (including phenoxy) is 3. The molecule has 0 aromatic heterocycles. The number of halogens is 1. The van der Waals surface area contributed by atoms with Gasteiger partial charge in [-0.05, 0) is 32.4 Å². The Morgan fingerprint density at radius 3 is 2.80 bits per heavy atom. The summed E-state index contributed by atoms with van der Waals surface area (Å²) in [7, 11) is 1.86. The predicted octanol–water partition coefficient (Wildman–Crippen LogP) is 2.51. The molecule has 1 aromatic carbocycles. The van der Waals surface area contributed by atoms with Crippen molar-refractivity contribution in [3.63, 3.8) is 0 Å². The average Bonchev–Trinajstić information content (AvgIpc) is 3.35. The Morgan fingerprint density at radius 1 is 1.27 bits per heavy atom. The molecule has 30 heavy (non-hydrogen) atoms. The van der Waals surface area contributed by atoms with Crippen molar-refractivity contribution in [1.82, 2.24) is 15.1 Å². The molecule has 0 aliphatic carbocycles. The van der Waals surface area contributed by atoms with Crippen LogP contribution in [0.4, 0.5) is 0 Å². The third-order valence-electron chi connectivity index (χ3n) is 6.05. The zero-order valence-corrected chi connectivity index (χ0v) is 20.7. The van der Waals surface area contributed by atoms with Gasteiger partial charge in [0.1, 0.15) is 17.6 Å². The van der Waals surface area contributed by atoms with Gasteiger partial charge in [0.25, 0.3) is 0 Å². The Morgan fingerprint density at radius 2 is 2.07 bits per heavy atom. The molecule has 2 unspecified atom stereocenters. The van der Waals surface area contributed by atoms with Crippen molar-refractivity contribution < 1.29 is 14.2 Å². The molecule has 0 bridgehead atoms. The van der Waals surface area contributed by atoms with Crippen LogP contribution in [0.2, 0.25) is 0 Å². The van der Waals surface area contributed by atoms with Crippen molar-refractivity contribution in [2.24, 2.45) is 4.99 Å². The van der Waals surface area contributed by atoms with Crippen LogP contribution in [0.25, 0.3) is 0 Å². The first-order valence-corrected chi connectivity index (χ1v) is 10.9. The van der Waals surface area contributed by atoms with Crippen molar-refractivity contribution in [1.29, 1.82) is 0 Å². The van der Waals surface area contributed by atoms with Gasteiger partial charge >= 0.3 is 0 Å². The van der Waals surface area contributed by atoms with Crippen molar-refractivity contribution in [3.05, 3.63) is 23.3 Å². The molecule has 8 heteroatoms. The highest BCUT2D eigenvalue weighted by Gasteiger charge is 2.30. The quantitative estimate of drug-likeness (QED) is 0.359. The topological polar surface area (TPSA) is 58.6 Å². The number of fused-ring (bicyclic) bond motifs is 1. The van der Waals surface area contributed by atoms with Crippen LogP contribution in [-0.4, -0.2) is 81.0 Å². The third kappa shape index (κ3) is 5.31. The molecular formula is C22H35IN4O3. The zero-order valence-electron chi connectivity index (χ0n) is 18.4. The number of aliphatic imine (C=N–C) groups is 1. The van der Waals surface area contributed by atoms with Gasteiger partial charge in [0.05, 0.1) is 19.8 Å². The van der Waals surface area contributed by atoms with Crippen LogP contribution in [-0.2, 0) is 17.7 Å². The zero-order chi connectivity index (χ0) is 20.2. The Labute approximate surface area is 197 Å². The van der Waals surface area contributed by atoms with Gasteiger partial charge in [-0.25, -0.2) is 0 Å². The van der Waals surface area contributed by atoms with E-state index in [1.807, 2.05) is 14.0 Å². The number of likely N-dealkylation sites (tertiary alicyclic amines) is 1. The number of hydrogen-bond acceptors (Lipinski definition) is 5. The number of benzene rings is 1. The van der Waals surface area contributed by atoms with Crippen LogP contribution in [0, 0.1) is 0 Å². The van der Waals surface area contributed by atoms with Gasteiger partial charge < -0.3 is 24.4 Å². The van der Waals surface area contributed by atoms with Gasteiger partial charge in [-0.2, -0.15) is 0 Å². The van der Waals surface area contributed by atoms with E-state index in [2.05, 4.69) is 39.2 Å². The molecular weight excluding hydrogens is 495 g/mol. The fourth-order valence-corrected chi connectivity index (χ4v) is 4.59. The van der Waals surface area contributed by atoms with Gasteiger partial charge in [-0.15, -0.1) is 24.0 Å². The predicted molar refractivity (Wildman–Crippen MR) is 129 cm³/mol. The maximum Gasteiger partial charge on any atom is 0.193 e. The Kier molecular flexibility index (Phi) is 8.47. The van der Waals surface area contributed by atoms with Crippen LogP contribution < -0.4 is 14.8 Å². The van der Waals surface area contributed by atoms with E-state index >= 15 is 0 Å². The Balaban J connectivity index is 0.00000256. The van der Waals surface area contributed by atoms with Gasteiger partial charge in [0, 0.05) is 63.4 Å². The van der Waals surface area contributed by atoms with E-state index in [4.69, 9.17) is 14.2 Å². The molecule has 4 rings (SSSR count). The molecule has 168 valence electrons. The van der Waals surface area contributed by atoms with Crippen LogP contribution >= 0.6 is 24.0 Å². The van der Waals surface area contributed by atoms with Crippen LogP contribution in [0.1, 0.15) is 31.4 Å². The highest BCUT2D eigenvalue weighted by Crippen LogP contribution is 2.35. The number of guanidine groups is 1. The van der Waals surface area contributed by atoms with Gasteiger partial charge in [-0.3, -0.25) is 9.89 Å². The average molecular weight is 530 g/mol. The van der Waals surface area contributed by atoms with Crippen molar-refractivity contribution in [3.8, 4) is 11.5 Å². The summed E-state index contributed by atoms with van der Waals surface area (Å²) in [4.78, 5) is 9.47. The molecule has 1 N–H and O–H groups in total. The lowest BCUT2D eigenvalue weighted by atomic mass is 10.1. The highest BCUT2D eigenvalue weighted by molar-refractivity contribution is 14.0. The third-order valence-corrected chi connectivity index (χ3v) is 6.05. The molecule has 2 saturated heterocycles. The number of morpholine rings is 1. The minimum Gasteiger partial charge on any atom is -0.494 e. The van der Waals surface area contributed by atoms with Gasteiger partial charge in [-0.1, -0.05) is 0 Å². The van der Waals surface area contributed by atoms with Crippen LogP contribution in [0.5, 0.6) is 11.5 Å². The van der Waals surface area contributed by atoms with Crippen molar-refractivity contribution in [2.75, 3.05) is 53.0 Å². The standard InChI is InChI=1S/C22H34N4O3.HI/c1-4-28-20-12-17-11-16(2)29-21(17)13-18(20)14-24-22(23-3)26-6-5-19(15-26)25-7-9-27-10-8-25;/h12-13,16,19H,4-11,14-15H2,1-3H3,(H,23,24);1H. The summed E-state index contributed by atoms with van der Waals surface area (Å²) in [5, 5.41) is 3.55. The normalized spacial score (nSPS) is 24.2. The lowest BCUT2D eigenvalue weighted by Crippen LogP contribution is -2.46. The Hall–Kier alpha value is -1.26. The Bertz CT molecular complexity index is 739. The monoisotopic (exact) mass is 530 g/mol. The first kappa shape index (κ1) is 23.4. The first-order valence-electron chi connectivity index (χ1n) is 10.9. The fraction of sp³-hybridized carbons (Fsp3) is 0.682. The number of hydrogen-bond donors (Lipinski definition) is 1. The summed E-state index contributed by atoms with van der Waals surface area (Å²) in [6, 6.07) is 4.86. The van der Waals surface area contributed by atoms with Crippen molar-refractivity contribution >= 4 is 29.9 Å². The maximum atomic E-state index is 5.96. The van der Waals surface area contributed by atoms with E-state index in [9.17, 15) is 0 Å². The number of nitrogens with zero attached hydrogens (tertiary/aromatic N) is 3. The number of rotatable bonds is 5. The number of nitrogens with one attached hydrogen (secondary N) is 1. The van der Waals surface area contributed by atoms with Crippen molar-refractivity contribution in [2.45, 2.75) is 45.4 Å². The molecule has 0 amide bonds. The van der Waals surface area contributed by atoms with E-state index in [-0.39, 0.29) is 30.1 Å². The lowest BCUT2D eigenvalue weighted by molar-refractivity contribution is 0.0195. The largest absolute Gasteiger partial charge is 0.494 e. The van der Waals surface area contributed by atoms with E-state index in [0.29, 0.717) is 19.2 Å². The summed E-state index contributed by atoms with van der Waals surface area (Å²) >= 11 is 0. The molecule has 0 radical (unpaired) electrons. The summed E-state index contributed by atoms with van der Waals surface area (Å²) < 4.78 is 17.4. The second kappa shape index (κ2) is 10.9. The molecule has 0 spiro atoms. The smallest absolute Gasteiger partial charge is 0.193 e. The van der Waals surface area contributed by atoms with E-state index in [1.54, 1.807) is 0 Å². The summed E-state index contributed by atoms with van der Waals surface area (Å²) in [6.45, 7) is 11.3. The molecule has 3 aliphatic heterocycles. The maximum absolute atomic E-state index is 5.96. The minimum absolute atomic E-state index is 0. The fourth-order valence-electron chi connectivity index (χ4n) is 4.59. The first-order chi connectivity index (χ1) is 14.2. The van der Waals surface area contributed by atoms with E-state index in [1.165, 1.54) is 12.0 Å². The van der Waals surface area contributed by atoms with E-state index < -0.39 is 0 Å². The van der Waals surface area contributed by atoms with E-state index in [0.717, 1.165) is 68.8 Å².